The van der Waals surface area contributed by atoms with Gasteiger partial charge in [-0.25, -0.2) is 5.48 Å². The topological polar surface area (TPSA) is 77.7 Å². The average Bonchev–Trinajstić information content (AvgIpc) is 3.40. The van der Waals surface area contributed by atoms with Crippen LogP contribution < -0.4 is 5.48 Å². The molecule has 1 unspecified atom stereocenters. The van der Waals surface area contributed by atoms with Gasteiger partial charge in [-0.05, 0) is 59.5 Å². The Morgan fingerprint density at radius 1 is 1.23 bits per heavy atom. The van der Waals surface area contributed by atoms with Crippen LogP contribution in [0.15, 0.2) is 60.8 Å². The lowest BCUT2D eigenvalue weighted by Crippen LogP contribution is -2.33. The number of nitrogens with one attached hydrogen (secondary N) is 1. The summed E-state index contributed by atoms with van der Waals surface area (Å²) in [5.74, 6) is -0.525. The number of amides is 1. The molecule has 1 heterocycles. The standard InChI is InChI=1S/C25H29N3O3/c1-18(16-25(30)26-31)20-6-8-22-21(17-20)7-9-24(22)28(14-15-29)13-12-27-11-10-19-4-2-3-5-23(19)27/h2-6,8,10-11,16-17,24,29,31H,7,9,12-15H2,1H3,(H,26,30)/b18-16-. The number of rotatable bonds is 8. The van der Waals surface area contributed by atoms with Crippen LogP contribution in [0.3, 0.4) is 0 Å². The molecule has 0 saturated carbocycles. The van der Waals surface area contributed by atoms with Crippen molar-refractivity contribution in [1.29, 1.82) is 0 Å². The molecule has 0 spiro atoms. The molecule has 1 aromatic heterocycles. The van der Waals surface area contributed by atoms with Crippen molar-refractivity contribution < 1.29 is 15.1 Å². The van der Waals surface area contributed by atoms with Crippen LogP contribution in [0.4, 0.5) is 0 Å². The quantitative estimate of drug-likeness (QED) is 0.297. The number of carbonyl (C=O) groups is 1. The smallest absolute Gasteiger partial charge is 0.267 e. The Morgan fingerprint density at radius 2 is 2.06 bits per heavy atom. The molecule has 0 aliphatic heterocycles. The minimum Gasteiger partial charge on any atom is -0.395 e. The van der Waals surface area contributed by atoms with E-state index in [1.165, 1.54) is 28.1 Å². The van der Waals surface area contributed by atoms with Crippen LogP contribution in [0.2, 0.25) is 0 Å². The van der Waals surface area contributed by atoms with Gasteiger partial charge in [0.15, 0.2) is 0 Å². The first kappa shape index (κ1) is 21.3. The third kappa shape index (κ3) is 4.56. The largest absolute Gasteiger partial charge is 0.395 e. The van der Waals surface area contributed by atoms with Gasteiger partial charge in [0.25, 0.3) is 5.91 Å². The molecule has 162 valence electrons. The van der Waals surface area contributed by atoms with Crippen molar-refractivity contribution >= 4 is 22.4 Å². The van der Waals surface area contributed by atoms with E-state index in [0.29, 0.717) is 6.54 Å². The number of fused-ring (bicyclic) bond motifs is 2. The Balaban J connectivity index is 1.51. The lowest BCUT2D eigenvalue weighted by atomic mass is 9.99. The number of aromatic nitrogens is 1. The zero-order valence-corrected chi connectivity index (χ0v) is 17.8. The lowest BCUT2D eigenvalue weighted by Gasteiger charge is -2.29. The number of benzene rings is 2. The van der Waals surface area contributed by atoms with E-state index in [1.54, 1.807) is 5.48 Å². The summed E-state index contributed by atoms with van der Waals surface area (Å²) < 4.78 is 2.28. The number of nitrogens with zero attached hydrogens (tertiary/aromatic N) is 2. The molecule has 0 fully saturated rings. The van der Waals surface area contributed by atoms with E-state index in [1.807, 2.05) is 13.0 Å². The molecule has 1 aliphatic carbocycles. The summed E-state index contributed by atoms with van der Waals surface area (Å²) in [5, 5.41) is 19.7. The van der Waals surface area contributed by atoms with Crippen LogP contribution >= 0.6 is 0 Å². The van der Waals surface area contributed by atoms with Gasteiger partial charge in [0.2, 0.25) is 0 Å². The summed E-state index contributed by atoms with van der Waals surface area (Å²) in [5.41, 5.74) is 7.25. The first-order chi connectivity index (χ1) is 15.1. The van der Waals surface area contributed by atoms with Crippen LogP contribution in [0.1, 0.15) is 36.1 Å². The molecule has 31 heavy (non-hydrogen) atoms. The van der Waals surface area contributed by atoms with Crippen molar-refractivity contribution in [1.82, 2.24) is 14.9 Å². The third-order valence-electron chi connectivity index (χ3n) is 6.24. The molecule has 1 amide bonds. The molecule has 3 N–H and O–H groups in total. The van der Waals surface area contributed by atoms with Gasteiger partial charge in [0.1, 0.15) is 0 Å². The zero-order valence-electron chi connectivity index (χ0n) is 17.8. The molecular weight excluding hydrogens is 390 g/mol. The monoisotopic (exact) mass is 419 g/mol. The minimum absolute atomic E-state index is 0.133. The van der Waals surface area contributed by atoms with Gasteiger partial charge in [0.05, 0.1) is 6.61 Å². The number of hydrogen-bond acceptors (Lipinski definition) is 4. The van der Waals surface area contributed by atoms with Crippen molar-refractivity contribution in [2.24, 2.45) is 0 Å². The molecule has 6 heteroatoms. The van der Waals surface area contributed by atoms with E-state index in [0.717, 1.165) is 37.1 Å². The highest BCUT2D eigenvalue weighted by Gasteiger charge is 2.28. The summed E-state index contributed by atoms with van der Waals surface area (Å²) in [6, 6.07) is 17.1. The summed E-state index contributed by atoms with van der Waals surface area (Å²) in [6.07, 6.45) is 5.52. The predicted octanol–water partition coefficient (Wildman–Crippen LogP) is 3.53. The number of aliphatic hydroxyl groups excluding tert-OH is 1. The number of hydroxylamine groups is 1. The molecule has 4 rings (SSSR count). The van der Waals surface area contributed by atoms with Gasteiger partial charge in [-0.2, -0.15) is 0 Å². The molecule has 0 saturated heterocycles. The molecule has 0 bridgehead atoms. The SMILES string of the molecule is C/C(=C/C(=O)NO)c1ccc2c(c1)CCC2N(CCO)CCn1ccc2ccccc21. The van der Waals surface area contributed by atoms with E-state index in [2.05, 4.69) is 58.1 Å². The van der Waals surface area contributed by atoms with E-state index in [9.17, 15) is 9.90 Å². The Kier molecular flexibility index (Phi) is 6.51. The first-order valence-corrected chi connectivity index (χ1v) is 10.7. The number of para-hydroxylation sites is 1. The van der Waals surface area contributed by atoms with E-state index in [-0.39, 0.29) is 12.6 Å². The minimum atomic E-state index is -0.525. The average molecular weight is 420 g/mol. The van der Waals surface area contributed by atoms with Crippen LogP contribution in [0, 0.1) is 0 Å². The Hall–Kier alpha value is -2.93. The maximum absolute atomic E-state index is 11.4. The Labute approximate surface area is 182 Å². The summed E-state index contributed by atoms with van der Waals surface area (Å²) in [4.78, 5) is 13.8. The van der Waals surface area contributed by atoms with E-state index >= 15 is 0 Å². The maximum Gasteiger partial charge on any atom is 0.267 e. The lowest BCUT2D eigenvalue weighted by molar-refractivity contribution is -0.124. The van der Waals surface area contributed by atoms with Crippen LogP contribution in [-0.2, 0) is 17.8 Å². The number of hydrogen-bond donors (Lipinski definition) is 3. The normalized spacial score (nSPS) is 16.1. The second-order valence-corrected chi connectivity index (χ2v) is 8.10. The van der Waals surface area contributed by atoms with Gasteiger partial charge in [-0.15, -0.1) is 0 Å². The number of aliphatic hydroxyl groups is 1. The van der Waals surface area contributed by atoms with E-state index < -0.39 is 5.91 Å². The van der Waals surface area contributed by atoms with Gasteiger partial charge >= 0.3 is 0 Å². The highest BCUT2D eigenvalue weighted by molar-refractivity contribution is 5.94. The van der Waals surface area contributed by atoms with Gasteiger partial charge in [-0.1, -0.05) is 36.4 Å². The van der Waals surface area contributed by atoms with Crippen LogP contribution in [-0.4, -0.2) is 45.4 Å². The zero-order chi connectivity index (χ0) is 21.8. The molecular formula is C25H29N3O3. The fourth-order valence-corrected chi connectivity index (χ4v) is 4.66. The van der Waals surface area contributed by atoms with Crippen LogP contribution in [0.5, 0.6) is 0 Å². The number of aryl methyl sites for hydroxylation is 1. The van der Waals surface area contributed by atoms with Crippen molar-refractivity contribution in [3.8, 4) is 0 Å². The second-order valence-electron chi connectivity index (χ2n) is 8.10. The van der Waals surface area contributed by atoms with Crippen molar-refractivity contribution in [2.45, 2.75) is 32.4 Å². The molecule has 1 aliphatic rings. The Morgan fingerprint density at radius 3 is 2.87 bits per heavy atom. The van der Waals surface area contributed by atoms with Gasteiger partial charge in [0, 0.05) is 43.5 Å². The van der Waals surface area contributed by atoms with Crippen molar-refractivity contribution in [2.75, 3.05) is 19.7 Å². The maximum atomic E-state index is 11.4. The van der Waals surface area contributed by atoms with Gasteiger partial charge < -0.3 is 9.67 Å². The molecule has 6 nitrogen and oxygen atoms in total. The highest BCUT2D eigenvalue weighted by atomic mass is 16.5. The second kappa shape index (κ2) is 9.47. The first-order valence-electron chi connectivity index (χ1n) is 10.7. The summed E-state index contributed by atoms with van der Waals surface area (Å²) in [6.45, 7) is 4.37. The highest BCUT2D eigenvalue weighted by Crippen LogP contribution is 2.37. The van der Waals surface area contributed by atoms with Crippen molar-refractivity contribution in [3.63, 3.8) is 0 Å². The predicted molar refractivity (Wildman–Crippen MR) is 122 cm³/mol. The molecule has 2 aromatic carbocycles. The Bertz CT molecular complexity index is 1100. The van der Waals surface area contributed by atoms with E-state index in [4.69, 9.17) is 5.21 Å². The summed E-state index contributed by atoms with van der Waals surface area (Å²) >= 11 is 0. The van der Waals surface area contributed by atoms with Crippen molar-refractivity contribution in [3.05, 3.63) is 77.5 Å². The van der Waals surface area contributed by atoms with Gasteiger partial charge in [-0.3, -0.25) is 14.9 Å². The molecule has 1 atom stereocenters. The number of carbonyl (C=O) groups excluding carboxylic acids is 1. The van der Waals surface area contributed by atoms with Crippen LogP contribution in [0.25, 0.3) is 16.5 Å². The number of allylic oxidation sites excluding steroid dienone is 1. The molecule has 3 aromatic rings. The third-order valence-corrected chi connectivity index (χ3v) is 6.24. The fraction of sp³-hybridized carbons (Fsp3) is 0.320. The molecule has 0 radical (unpaired) electrons. The fourth-order valence-electron chi connectivity index (χ4n) is 4.66. The summed E-state index contributed by atoms with van der Waals surface area (Å²) in [7, 11) is 0.